The molecule has 0 spiro atoms. The summed E-state index contributed by atoms with van der Waals surface area (Å²) in [7, 11) is 1.52. The van der Waals surface area contributed by atoms with Gasteiger partial charge in [-0.15, -0.1) is 0 Å². The van der Waals surface area contributed by atoms with E-state index in [9.17, 15) is 10.2 Å². The van der Waals surface area contributed by atoms with Crippen LogP contribution in [0.2, 0.25) is 0 Å². The molecule has 1 heterocycles. The van der Waals surface area contributed by atoms with Crippen LogP contribution in [-0.2, 0) is 9.47 Å². The van der Waals surface area contributed by atoms with Crippen molar-refractivity contribution < 1.29 is 19.7 Å². The second-order valence-corrected chi connectivity index (χ2v) is 4.15. The second-order valence-electron chi connectivity index (χ2n) is 3.50. The normalized spacial score (nSPS) is 46.4. The van der Waals surface area contributed by atoms with Gasteiger partial charge in [0.25, 0.3) is 0 Å². The van der Waals surface area contributed by atoms with Crippen molar-refractivity contribution in [2.75, 3.05) is 12.4 Å². The molecule has 0 aromatic heterocycles. The molecule has 0 radical (unpaired) electrons. The molecule has 1 aliphatic heterocycles. The summed E-state index contributed by atoms with van der Waals surface area (Å²) in [5.41, 5.74) is -1.14. The minimum absolute atomic E-state index is 0.286. The molecule has 4 atom stereocenters. The number of hydrogen-bond acceptors (Lipinski definition) is 4. The third kappa shape index (κ3) is 2.41. The topological polar surface area (TPSA) is 58.9 Å². The Labute approximate surface area is 86.0 Å². The Bertz CT molecular complexity index is 174. The molecule has 78 valence electrons. The predicted octanol–water partition coefficient (Wildman–Crippen LogP) is 0.255. The van der Waals surface area contributed by atoms with Crippen molar-refractivity contribution in [2.24, 2.45) is 0 Å². The van der Waals surface area contributed by atoms with Gasteiger partial charge in [0.2, 0.25) is 0 Å². The van der Waals surface area contributed by atoms with Gasteiger partial charge in [-0.25, -0.2) is 0 Å². The summed E-state index contributed by atoms with van der Waals surface area (Å²) in [6.45, 7) is 1.59. The van der Waals surface area contributed by atoms with E-state index in [0.29, 0.717) is 5.33 Å². The molecule has 0 unspecified atom stereocenters. The lowest BCUT2D eigenvalue weighted by atomic mass is 9.89. The van der Waals surface area contributed by atoms with E-state index in [1.54, 1.807) is 6.92 Å². The standard InChI is InChI=1S/C8H15BrO4/c1-8(11)3-6(12-2)13-5(4-9)7(8)10/h5-7,10-11H,3-4H2,1-2H3/t5-,6+,7-,8+/m1/s1. The highest BCUT2D eigenvalue weighted by Crippen LogP contribution is 2.29. The molecule has 4 nitrogen and oxygen atoms in total. The molecule has 0 bridgehead atoms. The molecule has 1 aliphatic rings. The van der Waals surface area contributed by atoms with Crippen molar-refractivity contribution in [3.63, 3.8) is 0 Å². The third-order valence-electron chi connectivity index (χ3n) is 2.31. The van der Waals surface area contributed by atoms with Gasteiger partial charge in [-0.3, -0.25) is 0 Å². The van der Waals surface area contributed by atoms with E-state index in [1.165, 1.54) is 7.11 Å². The predicted molar refractivity (Wildman–Crippen MR) is 50.7 cm³/mol. The van der Waals surface area contributed by atoms with Gasteiger partial charge in [0.15, 0.2) is 6.29 Å². The van der Waals surface area contributed by atoms with Gasteiger partial charge >= 0.3 is 0 Å². The summed E-state index contributed by atoms with van der Waals surface area (Å²) in [5, 5.41) is 19.9. The smallest absolute Gasteiger partial charge is 0.160 e. The molecule has 1 saturated heterocycles. The number of methoxy groups -OCH3 is 1. The van der Waals surface area contributed by atoms with Crippen LogP contribution in [0.4, 0.5) is 0 Å². The molecule has 5 heteroatoms. The minimum Gasteiger partial charge on any atom is -0.387 e. The lowest BCUT2D eigenvalue weighted by Gasteiger charge is -2.42. The number of halogens is 1. The van der Waals surface area contributed by atoms with Crippen molar-refractivity contribution in [1.82, 2.24) is 0 Å². The molecule has 0 saturated carbocycles. The summed E-state index contributed by atoms with van der Waals surface area (Å²) in [5.74, 6) is 0. The molecule has 0 amide bonds. The first-order valence-corrected chi connectivity index (χ1v) is 5.28. The van der Waals surface area contributed by atoms with E-state index in [0.717, 1.165) is 0 Å². The van der Waals surface area contributed by atoms with E-state index in [-0.39, 0.29) is 6.42 Å². The van der Waals surface area contributed by atoms with Gasteiger partial charge in [-0.2, -0.15) is 0 Å². The first-order chi connectivity index (χ1) is 6.01. The summed E-state index contributed by atoms with van der Waals surface area (Å²) in [6.07, 6.45) is -1.46. The Kier molecular flexibility index (Phi) is 3.71. The molecular formula is C8H15BrO4. The van der Waals surface area contributed by atoms with Gasteiger partial charge in [0.05, 0.1) is 11.7 Å². The maximum absolute atomic E-state index is 9.82. The van der Waals surface area contributed by atoms with Gasteiger partial charge in [-0.1, -0.05) is 15.9 Å². The Morgan fingerprint density at radius 2 is 2.31 bits per heavy atom. The Morgan fingerprint density at radius 1 is 1.69 bits per heavy atom. The highest BCUT2D eigenvalue weighted by atomic mass is 79.9. The van der Waals surface area contributed by atoms with Crippen molar-refractivity contribution >= 4 is 15.9 Å². The van der Waals surface area contributed by atoms with Crippen molar-refractivity contribution in [3.05, 3.63) is 0 Å². The first kappa shape index (κ1) is 11.4. The third-order valence-corrected chi connectivity index (χ3v) is 2.95. The van der Waals surface area contributed by atoms with Crippen LogP contribution in [0.1, 0.15) is 13.3 Å². The average Bonchev–Trinajstić information content (AvgIpc) is 2.09. The monoisotopic (exact) mass is 254 g/mol. The Balaban J connectivity index is 2.69. The zero-order valence-electron chi connectivity index (χ0n) is 7.74. The fourth-order valence-electron chi connectivity index (χ4n) is 1.44. The van der Waals surface area contributed by atoms with Crippen LogP contribution in [0.15, 0.2) is 0 Å². The highest BCUT2D eigenvalue weighted by Gasteiger charge is 2.44. The number of aliphatic hydroxyl groups is 2. The first-order valence-electron chi connectivity index (χ1n) is 4.16. The fourth-order valence-corrected chi connectivity index (χ4v) is 1.94. The van der Waals surface area contributed by atoms with E-state index in [2.05, 4.69) is 15.9 Å². The second kappa shape index (κ2) is 4.23. The van der Waals surface area contributed by atoms with E-state index >= 15 is 0 Å². The van der Waals surface area contributed by atoms with Crippen molar-refractivity contribution in [1.29, 1.82) is 0 Å². The lowest BCUT2D eigenvalue weighted by Crippen LogP contribution is -2.56. The Morgan fingerprint density at radius 3 is 2.77 bits per heavy atom. The summed E-state index contributed by atoms with van der Waals surface area (Å²) >= 11 is 3.21. The largest absolute Gasteiger partial charge is 0.387 e. The van der Waals surface area contributed by atoms with Crippen LogP contribution in [-0.4, -0.2) is 46.8 Å². The SMILES string of the molecule is CO[C@@H]1C[C@](C)(O)[C@H](O)[C@@H](CBr)O1. The number of aliphatic hydroxyl groups excluding tert-OH is 1. The summed E-state index contributed by atoms with van der Waals surface area (Å²) in [6, 6.07) is 0. The highest BCUT2D eigenvalue weighted by molar-refractivity contribution is 9.09. The maximum Gasteiger partial charge on any atom is 0.160 e. The Hall–Kier alpha value is 0.320. The zero-order valence-corrected chi connectivity index (χ0v) is 9.32. The molecule has 0 aromatic rings. The number of alkyl halides is 1. The fraction of sp³-hybridized carbons (Fsp3) is 1.00. The van der Waals surface area contributed by atoms with E-state index in [4.69, 9.17) is 9.47 Å². The van der Waals surface area contributed by atoms with E-state index in [1.807, 2.05) is 0 Å². The van der Waals surface area contributed by atoms with Gasteiger partial charge in [0, 0.05) is 18.9 Å². The zero-order chi connectivity index (χ0) is 10.1. The van der Waals surface area contributed by atoms with Crippen LogP contribution in [0.3, 0.4) is 0 Å². The molecule has 13 heavy (non-hydrogen) atoms. The molecule has 0 aromatic carbocycles. The van der Waals surface area contributed by atoms with Crippen molar-refractivity contribution in [3.8, 4) is 0 Å². The molecule has 0 aliphatic carbocycles. The summed E-state index contributed by atoms with van der Waals surface area (Å²) < 4.78 is 10.3. The molecule has 1 rings (SSSR count). The van der Waals surface area contributed by atoms with Crippen LogP contribution in [0.25, 0.3) is 0 Å². The molecular weight excluding hydrogens is 240 g/mol. The quantitative estimate of drug-likeness (QED) is 0.695. The van der Waals surface area contributed by atoms with Gasteiger partial charge in [0.1, 0.15) is 6.10 Å². The van der Waals surface area contributed by atoms with E-state index < -0.39 is 24.1 Å². The van der Waals surface area contributed by atoms with Gasteiger partial charge in [-0.05, 0) is 6.92 Å². The maximum atomic E-state index is 9.82. The lowest BCUT2D eigenvalue weighted by molar-refractivity contribution is -0.263. The number of rotatable bonds is 2. The van der Waals surface area contributed by atoms with Crippen molar-refractivity contribution in [2.45, 2.75) is 37.4 Å². The summed E-state index contributed by atoms with van der Waals surface area (Å²) in [4.78, 5) is 0. The number of ether oxygens (including phenoxy) is 2. The van der Waals surface area contributed by atoms with Crippen LogP contribution < -0.4 is 0 Å². The van der Waals surface area contributed by atoms with Crippen LogP contribution >= 0.6 is 15.9 Å². The van der Waals surface area contributed by atoms with Gasteiger partial charge < -0.3 is 19.7 Å². The van der Waals surface area contributed by atoms with Crippen LogP contribution in [0.5, 0.6) is 0 Å². The van der Waals surface area contributed by atoms with Crippen LogP contribution in [0, 0.1) is 0 Å². The molecule has 1 fully saturated rings. The molecule has 2 N–H and O–H groups in total. The minimum atomic E-state index is -1.14. The number of hydrogen-bond donors (Lipinski definition) is 2. The average molecular weight is 255 g/mol.